The lowest BCUT2D eigenvalue weighted by Crippen LogP contribution is -2.36. The van der Waals surface area contributed by atoms with Crippen LogP contribution >= 0.6 is 11.6 Å². The van der Waals surface area contributed by atoms with Gasteiger partial charge in [0.15, 0.2) is 0 Å². The van der Waals surface area contributed by atoms with Gasteiger partial charge in [-0.25, -0.2) is 0 Å². The third-order valence-corrected chi connectivity index (χ3v) is 4.25. The first-order valence-corrected chi connectivity index (χ1v) is 7.36. The van der Waals surface area contributed by atoms with Gasteiger partial charge in [-0.3, -0.25) is 4.79 Å². The maximum atomic E-state index is 11.2. The Bertz CT molecular complexity index is 467. The highest BCUT2D eigenvalue weighted by molar-refractivity contribution is 6.30. The molecule has 1 heterocycles. The number of carboxylic acids is 1. The second-order valence-corrected chi connectivity index (χ2v) is 6.55. The van der Waals surface area contributed by atoms with E-state index in [4.69, 9.17) is 16.3 Å². The third kappa shape index (κ3) is 3.97. The summed E-state index contributed by atoms with van der Waals surface area (Å²) in [5, 5.41) is 9.88. The van der Waals surface area contributed by atoms with Crippen molar-refractivity contribution in [3.8, 4) is 0 Å². The van der Waals surface area contributed by atoms with Gasteiger partial charge in [0.25, 0.3) is 0 Å². The van der Waals surface area contributed by atoms with Gasteiger partial charge in [-0.2, -0.15) is 0 Å². The van der Waals surface area contributed by atoms with Gasteiger partial charge < -0.3 is 9.84 Å². The molecule has 1 saturated heterocycles. The highest BCUT2D eigenvalue weighted by atomic mass is 35.5. The number of aliphatic carboxylic acids is 1. The molecule has 1 aliphatic rings. The number of ether oxygens (including phenoxy) is 1. The summed E-state index contributed by atoms with van der Waals surface area (Å²) in [5.41, 5.74) is 0.881. The maximum Gasteiger partial charge on any atom is 0.303 e. The van der Waals surface area contributed by atoms with Crippen LogP contribution in [0.5, 0.6) is 0 Å². The first-order chi connectivity index (χ1) is 9.37. The zero-order chi connectivity index (χ0) is 14.8. The molecule has 0 bridgehead atoms. The molecule has 1 fully saturated rings. The molecule has 4 heteroatoms. The summed E-state index contributed by atoms with van der Waals surface area (Å²) in [5.74, 6) is -0.404. The van der Waals surface area contributed by atoms with Gasteiger partial charge in [0.1, 0.15) is 0 Å². The van der Waals surface area contributed by atoms with Crippen molar-refractivity contribution >= 4 is 17.6 Å². The van der Waals surface area contributed by atoms with Gasteiger partial charge in [-0.1, -0.05) is 23.7 Å². The normalized spacial score (nSPS) is 23.2. The molecule has 110 valence electrons. The largest absolute Gasteiger partial charge is 0.481 e. The fourth-order valence-electron chi connectivity index (χ4n) is 3.08. The molecule has 0 unspecified atom stereocenters. The van der Waals surface area contributed by atoms with Gasteiger partial charge in [-0.05, 0) is 56.2 Å². The standard InChI is InChI=1S/C16H21ClO3/c1-16(2)10-12(7-8-20-16)14(9-15(18)19)11-3-5-13(17)6-4-11/h3-6,12,14H,7-10H2,1-2H3,(H,18,19)/t12-,14-/m0/s1. The van der Waals surface area contributed by atoms with Crippen molar-refractivity contribution in [2.75, 3.05) is 6.61 Å². The summed E-state index contributed by atoms with van der Waals surface area (Å²) >= 11 is 5.92. The lowest BCUT2D eigenvalue weighted by molar-refractivity contribution is -0.138. The fraction of sp³-hybridized carbons (Fsp3) is 0.562. The Balaban J connectivity index is 2.23. The van der Waals surface area contributed by atoms with Crippen LogP contribution in [0, 0.1) is 5.92 Å². The molecule has 20 heavy (non-hydrogen) atoms. The second kappa shape index (κ2) is 6.15. The first kappa shape index (κ1) is 15.3. The minimum atomic E-state index is -0.755. The van der Waals surface area contributed by atoms with Crippen molar-refractivity contribution in [2.45, 2.75) is 44.6 Å². The summed E-state index contributed by atoms with van der Waals surface area (Å²) in [6.07, 6.45) is 1.94. The van der Waals surface area contributed by atoms with Crippen molar-refractivity contribution in [1.29, 1.82) is 0 Å². The molecule has 0 radical (unpaired) electrons. The molecule has 0 aliphatic carbocycles. The average Bonchev–Trinajstić information content (AvgIpc) is 2.36. The molecule has 2 rings (SSSR count). The van der Waals surface area contributed by atoms with Gasteiger partial charge in [0.2, 0.25) is 0 Å². The van der Waals surface area contributed by atoms with E-state index in [1.165, 1.54) is 0 Å². The van der Waals surface area contributed by atoms with E-state index < -0.39 is 5.97 Å². The van der Waals surface area contributed by atoms with Gasteiger partial charge in [-0.15, -0.1) is 0 Å². The van der Waals surface area contributed by atoms with Crippen LogP contribution in [0.25, 0.3) is 0 Å². The van der Waals surface area contributed by atoms with Gasteiger partial charge in [0.05, 0.1) is 12.0 Å². The zero-order valence-corrected chi connectivity index (χ0v) is 12.7. The Morgan fingerprint density at radius 2 is 2.10 bits per heavy atom. The number of hydrogen-bond donors (Lipinski definition) is 1. The van der Waals surface area contributed by atoms with Gasteiger partial charge in [0, 0.05) is 11.6 Å². The Hall–Kier alpha value is -1.06. The first-order valence-electron chi connectivity index (χ1n) is 6.98. The topological polar surface area (TPSA) is 46.5 Å². The molecular formula is C16H21ClO3. The van der Waals surface area contributed by atoms with Gasteiger partial charge >= 0.3 is 5.97 Å². The molecule has 0 aromatic heterocycles. The number of hydrogen-bond acceptors (Lipinski definition) is 2. The Morgan fingerprint density at radius 3 is 2.65 bits per heavy atom. The monoisotopic (exact) mass is 296 g/mol. The highest BCUT2D eigenvalue weighted by Gasteiger charge is 2.35. The van der Waals surface area contributed by atoms with Crippen LogP contribution in [-0.2, 0) is 9.53 Å². The van der Waals surface area contributed by atoms with Crippen LogP contribution in [0.3, 0.4) is 0 Å². The van der Waals surface area contributed by atoms with Crippen molar-refractivity contribution in [2.24, 2.45) is 5.92 Å². The number of halogens is 1. The Labute approximate surface area is 124 Å². The molecule has 1 aromatic carbocycles. The predicted octanol–water partition coefficient (Wildman–Crippen LogP) is 4.10. The van der Waals surface area contributed by atoms with Crippen LogP contribution in [0.15, 0.2) is 24.3 Å². The van der Waals surface area contributed by atoms with Crippen molar-refractivity contribution < 1.29 is 14.6 Å². The van der Waals surface area contributed by atoms with E-state index in [-0.39, 0.29) is 17.9 Å². The summed E-state index contributed by atoms with van der Waals surface area (Å²) in [6, 6.07) is 7.54. The molecule has 0 amide bonds. The number of carboxylic acid groups (broad SMARTS) is 1. The van der Waals surface area contributed by atoms with E-state index in [1.54, 1.807) is 0 Å². The second-order valence-electron chi connectivity index (χ2n) is 6.12. The van der Waals surface area contributed by atoms with E-state index in [0.29, 0.717) is 17.5 Å². The molecule has 1 aromatic rings. The minimum Gasteiger partial charge on any atom is -0.481 e. The lowest BCUT2D eigenvalue weighted by Gasteiger charge is -2.39. The highest BCUT2D eigenvalue weighted by Crippen LogP contribution is 2.40. The minimum absolute atomic E-state index is 0.0212. The smallest absolute Gasteiger partial charge is 0.303 e. The van der Waals surface area contributed by atoms with Crippen LogP contribution in [-0.4, -0.2) is 23.3 Å². The summed E-state index contributed by atoms with van der Waals surface area (Å²) in [4.78, 5) is 11.2. The summed E-state index contributed by atoms with van der Waals surface area (Å²) in [7, 11) is 0. The SMILES string of the molecule is CC1(C)C[C@@H]([C@@H](CC(=O)O)c2ccc(Cl)cc2)CCO1. The van der Waals surface area contributed by atoms with Crippen LogP contribution in [0.1, 0.15) is 44.6 Å². The van der Waals surface area contributed by atoms with E-state index in [2.05, 4.69) is 13.8 Å². The number of carbonyl (C=O) groups is 1. The quantitative estimate of drug-likeness (QED) is 0.910. The lowest BCUT2D eigenvalue weighted by atomic mass is 9.75. The van der Waals surface area contributed by atoms with Crippen LogP contribution in [0.2, 0.25) is 5.02 Å². The van der Waals surface area contributed by atoms with Crippen molar-refractivity contribution in [3.05, 3.63) is 34.9 Å². The molecule has 2 atom stereocenters. The van der Waals surface area contributed by atoms with Crippen LogP contribution < -0.4 is 0 Å². The number of benzene rings is 1. The van der Waals surface area contributed by atoms with E-state index in [9.17, 15) is 9.90 Å². The fourth-order valence-corrected chi connectivity index (χ4v) is 3.20. The van der Waals surface area contributed by atoms with Crippen molar-refractivity contribution in [3.63, 3.8) is 0 Å². The molecule has 1 N–H and O–H groups in total. The average molecular weight is 297 g/mol. The number of rotatable bonds is 4. The Morgan fingerprint density at radius 1 is 1.45 bits per heavy atom. The summed E-state index contributed by atoms with van der Waals surface area (Å²) < 4.78 is 5.74. The molecule has 0 saturated carbocycles. The Kier molecular flexibility index (Phi) is 4.71. The van der Waals surface area contributed by atoms with Crippen LogP contribution in [0.4, 0.5) is 0 Å². The molecule has 0 spiro atoms. The zero-order valence-electron chi connectivity index (χ0n) is 11.9. The van der Waals surface area contributed by atoms with Crippen molar-refractivity contribution in [1.82, 2.24) is 0 Å². The van der Waals surface area contributed by atoms with E-state index >= 15 is 0 Å². The molecule has 3 nitrogen and oxygen atoms in total. The molecular weight excluding hydrogens is 276 g/mol. The predicted molar refractivity (Wildman–Crippen MR) is 79.2 cm³/mol. The van der Waals surface area contributed by atoms with E-state index in [0.717, 1.165) is 18.4 Å². The van der Waals surface area contributed by atoms with E-state index in [1.807, 2.05) is 24.3 Å². The molecule has 1 aliphatic heterocycles. The maximum absolute atomic E-state index is 11.2. The third-order valence-electron chi connectivity index (χ3n) is 4.00. The summed E-state index contributed by atoms with van der Waals surface area (Å²) in [6.45, 7) is 4.83.